The maximum Gasteiger partial charge on any atom is 0.240 e. The second kappa shape index (κ2) is 6.01. The molecule has 1 aliphatic heterocycles. The number of aromatic nitrogens is 2. The van der Waals surface area contributed by atoms with E-state index in [1.54, 1.807) is 0 Å². The van der Waals surface area contributed by atoms with Gasteiger partial charge >= 0.3 is 0 Å². The maximum absolute atomic E-state index is 9.24. The van der Waals surface area contributed by atoms with Crippen LogP contribution in [0, 0.1) is 5.92 Å². The minimum atomic E-state index is 0.285. The number of nitrogens with zero attached hydrogens (tertiary/aromatic N) is 3. The number of likely N-dealkylation sites (tertiary alicyclic amines) is 1. The van der Waals surface area contributed by atoms with Crippen molar-refractivity contribution in [3.05, 3.63) is 11.7 Å². The van der Waals surface area contributed by atoms with E-state index in [4.69, 9.17) is 4.52 Å². The van der Waals surface area contributed by atoms with E-state index >= 15 is 0 Å². The van der Waals surface area contributed by atoms with Crippen LogP contribution in [-0.4, -0.2) is 39.8 Å². The highest BCUT2D eigenvalue weighted by Gasteiger charge is 2.24. The van der Waals surface area contributed by atoms with E-state index in [0.29, 0.717) is 11.8 Å². The van der Waals surface area contributed by atoms with Crippen molar-refractivity contribution in [3.63, 3.8) is 0 Å². The summed E-state index contributed by atoms with van der Waals surface area (Å²) in [6.07, 6.45) is 7.27. The SMILES string of the molecule is OCC1CCCN(Cc2nc(C3CCCC3)no2)C1. The molecule has 0 bridgehead atoms. The van der Waals surface area contributed by atoms with Crippen molar-refractivity contribution in [2.24, 2.45) is 5.92 Å². The van der Waals surface area contributed by atoms with Crippen LogP contribution in [-0.2, 0) is 6.54 Å². The zero-order valence-corrected chi connectivity index (χ0v) is 11.4. The molecule has 2 aliphatic rings. The molecule has 2 heterocycles. The molecule has 0 amide bonds. The summed E-state index contributed by atoms with van der Waals surface area (Å²) in [7, 11) is 0. The van der Waals surface area contributed by atoms with E-state index in [2.05, 4.69) is 15.0 Å². The zero-order chi connectivity index (χ0) is 13.1. The third-order valence-electron chi connectivity index (χ3n) is 4.42. The van der Waals surface area contributed by atoms with E-state index in [-0.39, 0.29) is 6.61 Å². The van der Waals surface area contributed by atoms with Crippen LogP contribution in [0.5, 0.6) is 0 Å². The van der Waals surface area contributed by atoms with Crippen LogP contribution in [0.2, 0.25) is 0 Å². The molecule has 0 radical (unpaired) electrons. The summed E-state index contributed by atoms with van der Waals surface area (Å²) >= 11 is 0. The minimum Gasteiger partial charge on any atom is -0.396 e. The summed E-state index contributed by atoms with van der Waals surface area (Å²) in [5, 5.41) is 13.4. The smallest absolute Gasteiger partial charge is 0.240 e. The fourth-order valence-corrected chi connectivity index (χ4v) is 3.32. The van der Waals surface area contributed by atoms with Gasteiger partial charge in [0.25, 0.3) is 0 Å². The van der Waals surface area contributed by atoms with Crippen LogP contribution in [0.4, 0.5) is 0 Å². The first-order valence-electron chi connectivity index (χ1n) is 7.51. The molecule has 5 nitrogen and oxygen atoms in total. The lowest BCUT2D eigenvalue weighted by Gasteiger charge is -2.30. The Morgan fingerprint density at radius 1 is 1.21 bits per heavy atom. The van der Waals surface area contributed by atoms with Gasteiger partial charge in [-0.05, 0) is 38.1 Å². The van der Waals surface area contributed by atoms with E-state index in [0.717, 1.165) is 44.2 Å². The van der Waals surface area contributed by atoms with Crippen molar-refractivity contribution in [1.29, 1.82) is 0 Å². The zero-order valence-electron chi connectivity index (χ0n) is 11.4. The Morgan fingerprint density at radius 3 is 2.84 bits per heavy atom. The third kappa shape index (κ3) is 3.15. The van der Waals surface area contributed by atoms with Crippen molar-refractivity contribution in [3.8, 4) is 0 Å². The highest BCUT2D eigenvalue weighted by atomic mass is 16.5. The highest BCUT2D eigenvalue weighted by Crippen LogP contribution is 2.32. The standard InChI is InChI=1S/C14H23N3O2/c18-10-11-4-3-7-17(8-11)9-13-15-14(16-19-13)12-5-1-2-6-12/h11-12,18H,1-10H2. The molecule has 1 saturated carbocycles. The van der Waals surface area contributed by atoms with Gasteiger partial charge in [-0.25, -0.2) is 0 Å². The van der Waals surface area contributed by atoms with Gasteiger partial charge in [0.2, 0.25) is 5.89 Å². The number of piperidine rings is 1. The normalized spacial score (nSPS) is 26.1. The van der Waals surface area contributed by atoms with Gasteiger partial charge in [-0.1, -0.05) is 18.0 Å². The monoisotopic (exact) mass is 265 g/mol. The summed E-state index contributed by atoms with van der Waals surface area (Å²) in [6, 6.07) is 0. The Kier molecular flexibility index (Phi) is 4.13. The second-order valence-corrected chi connectivity index (χ2v) is 5.95. The Hall–Kier alpha value is -0.940. The van der Waals surface area contributed by atoms with Gasteiger partial charge in [-0.15, -0.1) is 0 Å². The molecule has 106 valence electrons. The van der Waals surface area contributed by atoms with Crippen molar-refractivity contribution in [2.75, 3.05) is 19.7 Å². The predicted octanol–water partition coefficient (Wildman–Crippen LogP) is 1.93. The van der Waals surface area contributed by atoms with Crippen LogP contribution < -0.4 is 0 Å². The summed E-state index contributed by atoms with van der Waals surface area (Å²) in [5.74, 6) is 2.57. The molecule has 19 heavy (non-hydrogen) atoms. The van der Waals surface area contributed by atoms with Gasteiger partial charge in [0, 0.05) is 19.1 Å². The molecule has 5 heteroatoms. The van der Waals surface area contributed by atoms with Gasteiger partial charge in [0.1, 0.15) is 0 Å². The van der Waals surface area contributed by atoms with E-state index in [1.165, 1.54) is 25.7 Å². The molecule has 0 spiro atoms. The average molecular weight is 265 g/mol. The lowest BCUT2D eigenvalue weighted by atomic mass is 9.99. The minimum absolute atomic E-state index is 0.285. The highest BCUT2D eigenvalue weighted by molar-refractivity contribution is 4.98. The van der Waals surface area contributed by atoms with Crippen molar-refractivity contribution < 1.29 is 9.63 Å². The van der Waals surface area contributed by atoms with Gasteiger partial charge in [-0.2, -0.15) is 4.98 Å². The summed E-state index contributed by atoms with van der Waals surface area (Å²) < 4.78 is 5.38. The topological polar surface area (TPSA) is 62.4 Å². The molecular weight excluding hydrogens is 242 g/mol. The Morgan fingerprint density at radius 2 is 2.05 bits per heavy atom. The molecule has 1 atom stereocenters. The third-order valence-corrected chi connectivity index (χ3v) is 4.42. The van der Waals surface area contributed by atoms with Gasteiger partial charge in [0.15, 0.2) is 5.82 Å². The molecule has 1 aromatic rings. The maximum atomic E-state index is 9.24. The summed E-state index contributed by atoms with van der Waals surface area (Å²) in [4.78, 5) is 6.87. The van der Waals surface area contributed by atoms with Gasteiger partial charge < -0.3 is 9.63 Å². The number of rotatable bonds is 4. The molecule has 0 aromatic carbocycles. The van der Waals surface area contributed by atoms with Crippen LogP contribution in [0.25, 0.3) is 0 Å². The second-order valence-electron chi connectivity index (χ2n) is 5.95. The van der Waals surface area contributed by atoms with E-state index < -0.39 is 0 Å². The number of aliphatic hydroxyl groups is 1. The Labute approximate surface area is 114 Å². The Balaban J connectivity index is 1.57. The molecule has 1 N–H and O–H groups in total. The summed E-state index contributed by atoms with van der Waals surface area (Å²) in [6.45, 7) is 3.03. The number of hydrogen-bond donors (Lipinski definition) is 1. The average Bonchev–Trinajstić information content (AvgIpc) is 3.09. The van der Waals surface area contributed by atoms with E-state index in [9.17, 15) is 5.11 Å². The van der Waals surface area contributed by atoms with Crippen molar-refractivity contribution >= 4 is 0 Å². The lowest BCUT2D eigenvalue weighted by molar-refractivity contribution is 0.107. The first-order valence-corrected chi connectivity index (χ1v) is 7.51. The molecular formula is C14H23N3O2. The fraction of sp³-hybridized carbons (Fsp3) is 0.857. The molecule has 1 aliphatic carbocycles. The van der Waals surface area contributed by atoms with Crippen LogP contribution in [0.15, 0.2) is 4.52 Å². The first-order chi connectivity index (χ1) is 9.35. The quantitative estimate of drug-likeness (QED) is 0.901. The largest absolute Gasteiger partial charge is 0.396 e. The molecule has 1 aromatic heterocycles. The number of hydrogen-bond acceptors (Lipinski definition) is 5. The molecule has 3 rings (SSSR count). The van der Waals surface area contributed by atoms with Crippen molar-refractivity contribution in [1.82, 2.24) is 15.0 Å². The van der Waals surface area contributed by atoms with Gasteiger partial charge in [0.05, 0.1) is 6.54 Å². The molecule has 2 fully saturated rings. The lowest BCUT2D eigenvalue weighted by Crippen LogP contribution is -2.36. The van der Waals surface area contributed by atoms with Crippen LogP contribution in [0.3, 0.4) is 0 Å². The summed E-state index contributed by atoms with van der Waals surface area (Å²) in [5.41, 5.74) is 0. The van der Waals surface area contributed by atoms with Crippen molar-refractivity contribution in [2.45, 2.75) is 51.0 Å². The first kappa shape index (κ1) is 13.1. The van der Waals surface area contributed by atoms with E-state index in [1.807, 2.05) is 0 Å². The van der Waals surface area contributed by atoms with Crippen LogP contribution >= 0.6 is 0 Å². The number of aliphatic hydroxyl groups excluding tert-OH is 1. The van der Waals surface area contributed by atoms with Crippen LogP contribution in [0.1, 0.15) is 56.2 Å². The van der Waals surface area contributed by atoms with Gasteiger partial charge in [-0.3, -0.25) is 4.90 Å². The molecule has 1 saturated heterocycles. The molecule has 1 unspecified atom stereocenters. The fourth-order valence-electron chi connectivity index (χ4n) is 3.32. The Bertz CT molecular complexity index is 401. The predicted molar refractivity (Wildman–Crippen MR) is 70.6 cm³/mol.